The van der Waals surface area contributed by atoms with Crippen LogP contribution in [0.1, 0.15) is 42.2 Å². The molecule has 1 aromatic heterocycles. The highest BCUT2D eigenvalue weighted by Gasteiger charge is 2.25. The van der Waals surface area contributed by atoms with Crippen LogP contribution in [0.5, 0.6) is 5.75 Å². The monoisotopic (exact) mass is 271 g/mol. The number of para-hydroxylation sites is 1. The molecule has 1 aromatic carbocycles. The van der Waals surface area contributed by atoms with Crippen molar-refractivity contribution in [2.24, 2.45) is 0 Å². The van der Waals surface area contributed by atoms with E-state index in [2.05, 4.69) is 33.7 Å². The Bertz CT molecular complexity index is 619. The molecule has 20 heavy (non-hydrogen) atoms. The largest absolute Gasteiger partial charge is 0.493 e. The number of rotatable bonds is 4. The lowest BCUT2D eigenvalue weighted by molar-refractivity contribution is 0.338. The molecule has 104 valence electrons. The van der Waals surface area contributed by atoms with Crippen molar-refractivity contribution in [3.05, 3.63) is 35.2 Å². The lowest BCUT2D eigenvalue weighted by Crippen LogP contribution is -2.08. The average molecular weight is 271 g/mol. The van der Waals surface area contributed by atoms with Crippen LogP contribution in [-0.2, 0) is 13.0 Å². The molecule has 2 heterocycles. The van der Waals surface area contributed by atoms with Crippen LogP contribution in [0, 0.1) is 0 Å². The first-order valence-electron chi connectivity index (χ1n) is 7.21. The zero-order valence-corrected chi connectivity index (χ0v) is 11.3. The van der Waals surface area contributed by atoms with Crippen LogP contribution in [0.25, 0.3) is 0 Å². The van der Waals surface area contributed by atoms with Crippen molar-refractivity contribution in [2.75, 3.05) is 11.9 Å². The van der Waals surface area contributed by atoms with Crippen LogP contribution >= 0.6 is 0 Å². The predicted octanol–water partition coefficient (Wildman–Crippen LogP) is 2.88. The number of nitrogens with zero attached hydrogens (tertiary/aromatic N) is 2. The molecule has 0 spiro atoms. The first-order valence-corrected chi connectivity index (χ1v) is 7.21. The summed E-state index contributed by atoms with van der Waals surface area (Å²) in [6.45, 7) is 1.42. The Kier molecular flexibility index (Phi) is 2.83. The number of fused-ring (bicyclic) bond motifs is 1. The fourth-order valence-electron chi connectivity index (χ4n) is 2.72. The zero-order valence-electron chi connectivity index (χ0n) is 11.3. The summed E-state index contributed by atoms with van der Waals surface area (Å²) < 4.78 is 11.3. The van der Waals surface area contributed by atoms with Crippen molar-refractivity contribution < 1.29 is 9.15 Å². The van der Waals surface area contributed by atoms with Gasteiger partial charge in [-0.3, -0.25) is 0 Å². The maximum Gasteiger partial charge on any atom is 0.315 e. The third-order valence-corrected chi connectivity index (χ3v) is 4.12. The van der Waals surface area contributed by atoms with E-state index in [0.717, 1.165) is 30.2 Å². The van der Waals surface area contributed by atoms with Crippen molar-refractivity contribution in [1.29, 1.82) is 0 Å². The Morgan fingerprint density at radius 3 is 3.05 bits per heavy atom. The highest BCUT2D eigenvalue weighted by molar-refractivity contribution is 5.45. The summed E-state index contributed by atoms with van der Waals surface area (Å²) in [5.74, 6) is 2.26. The van der Waals surface area contributed by atoms with Gasteiger partial charge in [-0.25, -0.2) is 0 Å². The van der Waals surface area contributed by atoms with Crippen LogP contribution in [0.3, 0.4) is 0 Å². The molecule has 1 aliphatic heterocycles. The fourth-order valence-corrected chi connectivity index (χ4v) is 2.72. The lowest BCUT2D eigenvalue weighted by atomic mass is 9.85. The van der Waals surface area contributed by atoms with Crippen molar-refractivity contribution in [1.82, 2.24) is 10.2 Å². The molecule has 1 saturated carbocycles. The molecule has 2 aromatic rings. The van der Waals surface area contributed by atoms with Gasteiger partial charge in [0.2, 0.25) is 5.89 Å². The molecule has 2 aliphatic rings. The number of hydrogen-bond acceptors (Lipinski definition) is 5. The number of anilines is 1. The molecule has 1 fully saturated rings. The molecule has 1 aliphatic carbocycles. The Labute approximate surface area is 117 Å². The molecule has 0 bridgehead atoms. The van der Waals surface area contributed by atoms with E-state index in [1.54, 1.807) is 0 Å². The molecule has 1 N–H and O–H groups in total. The van der Waals surface area contributed by atoms with E-state index in [9.17, 15) is 0 Å². The summed E-state index contributed by atoms with van der Waals surface area (Å²) in [4.78, 5) is 0. The third kappa shape index (κ3) is 2.03. The molecule has 0 amide bonds. The van der Waals surface area contributed by atoms with Gasteiger partial charge in [0.05, 0.1) is 6.61 Å². The number of benzene rings is 1. The summed E-state index contributed by atoms with van der Waals surface area (Å²) in [7, 11) is 0. The van der Waals surface area contributed by atoms with E-state index in [-0.39, 0.29) is 0 Å². The minimum atomic E-state index is 0.474. The van der Waals surface area contributed by atoms with Gasteiger partial charge in [0.25, 0.3) is 0 Å². The van der Waals surface area contributed by atoms with Gasteiger partial charge in [0.15, 0.2) is 0 Å². The number of aromatic nitrogens is 2. The van der Waals surface area contributed by atoms with E-state index in [1.165, 1.54) is 24.8 Å². The molecular formula is C15H17N3O2. The van der Waals surface area contributed by atoms with Crippen LogP contribution in [0.2, 0.25) is 0 Å². The molecule has 0 atom stereocenters. The normalized spacial score (nSPS) is 17.4. The molecule has 5 heteroatoms. The minimum Gasteiger partial charge on any atom is -0.493 e. The second-order valence-corrected chi connectivity index (χ2v) is 5.43. The van der Waals surface area contributed by atoms with E-state index >= 15 is 0 Å². The topological polar surface area (TPSA) is 60.2 Å². The highest BCUT2D eigenvalue weighted by Crippen LogP contribution is 2.36. The number of nitrogens with one attached hydrogen (secondary N) is 1. The number of ether oxygens (including phenoxy) is 1. The molecule has 0 saturated heterocycles. The highest BCUT2D eigenvalue weighted by atomic mass is 16.5. The standard InChI is InChI=1S/C15H17N3O2/c1-3-10-7-8-19-13(10)12(6-1)9-16-15-18-17-14(20-15)11-4-2-5-11/h1,3,6,11H,2,4-5,7-9H2,(H,16,18). The van der Waals surface area contributed by atoms with Gasteiger partial charge in [-0.15, -0.1) is 5.10 Å². The Hall–Kier alpha value is -2.04. The van der Waals surface area contributed by atoms with Gasteiger partial charge in [0, 0.05) is 24.4 Å². The summed E-state index contributed by atoms with van der Waals surface area (Å²) in [6.07, 6.45) is 4.60. The van der Waals surface area contributed by atoms with Crippen molar-refractivity contribution >= 4 is 6.01 Å². The smallest absolute Gasteiger partial charge is 0.315 e. The lowest BCUT2D eigenvalue weighted by Gasteiger charge is -2.20. The zero-order chi connectivity index (χ0) is 13.4. The van der Waals surface area contributed by atoms with E-state index in [0.29, 0.717) is 18.5 Å². The third-order valence-electron chi connectivity index (χ3n) is 4.12. The van der Waals surface area contributed by atoms with Crippen LogP contribution in [0.15, 0.2) is 22.6 Å². The molecule has 5 nitrogen and oxygen atoms in total. The van der Waals surface area contributed by atoms with Crippen molar-refractivity contribution in [3.8, 4) is 5.75 Å². The first-order chi connectivity index (χ1) is 9.90. The molecule has 4 rings (SSSR count). The fraction of sp³-hybridized carbons (Fsp3) is 0.467. The van der Waals surface area contributed by atoms with Crippen LogP contribution in [-0.4, -0.2) is 16.8 Å². The average Bonchev–Trinajstić information content (AvgIpc) is 3.03. The van der Waals surface area contributed by atoms with Gasteiger partial charge in [-0.05, 0) is 18.4 Å². The predicted molar refractivity (Wildman–Crippen MR) is 73.9 cm³/mol. The maximum absolute atomic E-state index is 5.68. The quantitative estimate of drug-likeness (QED) is 0.926. The van der Waals surface area contributed by atoms with Crippen molar-refractivity contribution in [3.63, 3.8) is 0 Å². The summed E-state index contributed by atoms with van der Waals surface area (Å²) in [5.41, 5.74) is 2.42. The second-order valence-electron chi connectivity index (χ2n) is 5.43. The summed E-state index contributed by atoms with van der Waals surface area (Å²) in [5, 5.41) is 11.4. The van der Waals surface area contributed by atoms with Gasteiger partial charge in [0.1, 0.15) is 5.75 Å². The summed E-state index contributed by atoms with van der Waals surface area (Å²) >= 11 is 0. The van der Waals surface area contributed by atoms with Crippen molar-refractivity contribution in [2.45, 2.75) is 38.1 Å². The van der Waals surface area contributed by atoms with Crippen LogP contribution in [0.4, 0.5) is 6.01 Å². The molecule has 0 unspecified atom stereocenters. The van der Waals surface area contributed by atoms with Gasteiger partial charge in [-0.2, -0.15) is 0 Å². The molecule has 0 radical (unpaired) electrons. The van der Waals surface area contributed by atoms with Crippen LogP contribution < -0.4 is 10.1 Å². The van der Waals surface area contributed by atoms with E-state index in [4.69, 9.17) is 9.15 Å². The summed E-state index contributed by atoms with van der Waals surface area (Å²) in [6, 6.07) is 6.76. The number of hydrogen-bond donors (Lipinski definition) is 1. The first kappa shape index (κ1) is 11.8. The van der Waals surface area contributed by atoms with E-state index in [1.807, 2.05) is 0 Å². The van der Waals surface area contributed by atoms with E-state index < -0.39 is 0 Å². The Morgan fingerprint density at radius 1 is 1.25 bits per heavy atom. The Morgan fingerprint density at radius 2 is 2.20 bits per heavy atom. The molecular weight excluding hydrogens is 254 g/mol. The van der Waals surface area contributed by atoms with Gasteiger partial charge in [-0.1, -0.05) is 29.7 Å². The Balaban J connectivity index is 1.45. The second kappa shape index (κ2) is 4.81. The van der Waals surface area contributed by atoms with Gasteiger partial charge < -0.3 is 14.5 Å². The van der Waals surface area contributed by atoms with Gasteiger partial charge >= 0.3 is 6.01 Å². The minimum absolute atomic E-state index is 0.474. The maximum atomic E-state index is 5.68. The SMILES string of the molecule is c1cc2c(c(CNc3nnc(C4CCC4)o3)c1)OCC2.